The van der Waals surface area contributed by atoms with Crippen LogP contribution in [0.15, 0.2) is 68.3 Å². The lowest BCUT2D eigenvalue weighted by molar-refractivity contribution is -0.137. The summed E-state index contributed by atoms with van der Waals surface area (Å²) in [6.45, 7) is 4.20. The van der Waals surface area contributed by atoms with Crippen molar-refractivity contribution in [3.63, 3.8) is 0 Å². The Hall–Kier alpha value is -1.84. The van der Waals surface area contributed by atoms with Crippen LogP contribution >= 0.6 is 22.6 Å². The van der Waals surface area contributed by atoms with Gasteiger partial charge in [-0.15, -0.1) is 0 Å². The van der Waals surface area contributed by atoms with E-state index in [1.54, 1.807) is 0 Å². The van der Waals surface area contributed by atoms with Crippen molar-refractivity contribution < 1.29 is 19.4 Å². The summed E-state index contributed by atoms with van der Waals surface area (Å²) in [5, 5.41) is 9.20. The molecule has 4 rings (SSSR count). The molecule has 0 amide bonds. The Morgan fingerprint density at radius 2 is 2.07 bits per heavy atom. The van der Waals surface area contributed by atoms with E-state index in [2.05, 4.69) is 34.7 Å². The van der Waals surface area contributed by atoms with Gasteiger partial charge < -0.3 is 26.0 Å². The number of allylic oxidation sites excluding steroid dienone is 4. The monoisotopic (exact) mass is 522 g/mol. The van der Waals surface area contributed by atoms with E-state index < -0.39 is 17.0 Å². The van der Waals surface area contributed by atoms with E-state index in [-0.39, 0.29) is 18.4 Å². The van der Waals surface area contributed by atoms with Gasteiger partial charge in [-0.05, 0) is 78.2 Å². The lowest BCUT2D eigenvalue weighted by Crippen LogP contribution is -2.32. The second-order valence-corrected chi connectivity index (χ2v) is 10.1. The molecule has 1 saturated heterocycles. The Kier molecular flexibility index (Phi) is 5.48. The highest BCUT2D eigenvalue weighted by atomic mass is 127. The molecular formula is C23H27IN2O4. The number of hydrogen-bond acceptors (Lipinski definition) is 5. The van der Waals surface area contributed by atoms with Crippen LogP contribution in [0, 0.1) is 5.92 Å². The fourth-order valence-corrected chi connectivity index (χ4v) is 5.63. The number of carboxylic acids is 1. The molecule has 3 aliphatic carbocycles. The molecule has 1 aliphatic heterocycles. The maximum absolute atomic E-state index is 11.2. The molecule has 1 fully saturated rings. The number of ether oxygens (including phenoxy) is 2. The minimum atomic E-state index is -0.849. The van der Waals surface area contributed by atoms with Crippen molar-refractivity contribution in [2.45, 2.75) is 50.3 Å². The maximum atomic E-state index is 11.2. The second kappa shape index (κ2) is 7.69. The predicted octanol–water partition coefficient (Wildman–Crippen LogP) is 3.61. The van der Waals surface area contributed by atoms with Crippen LogP contribution in [0.1, 0.15) is 33.1 Å². The summed E-state index contributed by atoms with van der Waals surface area (Å²) in [6, 6.07) is 0. The van der Waals surface area contributed by atoms with E-state index in [1.807, 2.05) is 38.2 Å². The Balaban J connectivity index is 1.61. The number of rotatable bonds is 4. The zero-order valence-corrected chi connectivity index (χ0v) is 19.3. The molecule has 0 spiro atoms. The Morgan fingerprint density at radius 3 is 2.80 bits per heavy atom. The highest BCUT2D eigenvalue weighted by Gasteiger charge is 2.35. The number of hydrogen-bond donors (Lipinski definition) is 3. The minimum absolute atomic E-state index is 0.0156. The van der Waals surface area contributed by atoms with Gasteiger partial charge in [-0.1, -0.05) is 18.2 Å². The van der Waals surface area contributed by atoms with E-state index >= 15 is 0 Å². The van der Waals surface area contributed by atoms with Gasteiger partial charge in [0, 0.05) is 15.6 Å². The number of carbonyl (C=O) groups is 1. The van der Waals surface area contributed by atoms with Gasteiger partial charge in [0.1, 0.15) is 17.6 Å². The molecule has 0 aromatic carbocycles. The highest BCUT2D eigenvalue weighted by Crippen LogP contribution is 2.42. The second-order valence-electron chi connectivity index (χ2n) is 8.90. The van der Waals surface area contributed by atoms with Crippen molar-refractivity contribution in [3.8, 4) is 0 Å². The molecule has 4 unspecified atom stereocenters. The SMILES string of the molecule is CC1(N)C=CC2=C(CCC2OC2=CC(C)(N)C=C3C(=C2)OCC3CC(=O)O)C(I)=C1. The van der Waals surface area contributed by atoms with Crippen molar-refractivity contribution in [1.29, 1.82) is 0 Å². The van der Waals surface area contributed by atoms with Gasteiger partial charge in [0.15, 0.2) is 0 Å². The van der Waals surface area contributed by atoms with E-state index in [0.29, 0.717) is 18.1 Å². The average molecular weight is 522 g/mol. The molecule has 160 valence electrons. The van der Waals surface area contributed by atoms with Crippen LogP contribution < -0.4 is 11.5 Å². The van der Waals surface area contributed by atoms with Crippen LogP contribution in [0.3, 0.4) is 0 Å². The van der Waals surface area contributed by atoms with Crippen LogP contribution in [0.5, 0.6) is 0 Å². The lowest BCUT2D eigenvalue weighted by atomic mass is 9.92. The van der Waals surface area contributed by atoms with Crippen LogP contribution in [0.25, 0.3) is 0 Å². The maximum Gasteiger partial charge on any atom is 0.304 e. The van der Waals surface area contributed by atoms with Crippen LogP contribution in [-0.4, -0.2) is 34.9 Å². The van der Waals surface area contributed by atoms with Gasteiger partial charge in [0.05, 0.1) is 24.1 Å². The summed E-state index contributed by atoms with van der Waals surface area (Å²) in [6.07, 6.45) is 13.5. The fourth-order valence-electron chi connectivity index (χ4n) is 4.38. The van der Waals surface area contributed by atoms with Crippen molar-refractivity contribution in [3.05, 3.63) is 68.3 Å². The van der Waals surface area contributed by atoms with Gasteiger partial charge in [-0.25, -0.2) is 0 Å². The zero-order chi connectivity index (χ0) is 21.7. The summed E-state index contributed by atoms with van der Waals surface area (Å²) in [5.41, 5.74) is 14.8. The van der Waals surface area contributed by atoms with Crippen molar-refractivity contribution in [2.75, 3.05) is 6.61 Å². The molecule has 1 heterocycles. The zero-order valence-electron chi connectivity index (χ0n) is 17.2. The number of carboxylic acid groups (broad SMARTS) is 1. The van der Waals surface area contributed by atoms with Gasteiger partial charge >= 0.3 is 5.97 Å². The molecule has 0 radical (unpaired) electrons. The normalized spacial score (nSPS) is 35.2. The molecule has 0 bridgehead atoms. The molecule has 0 aromatic rings. The van der Waals surface area contributed by atoms with Crippen molar-refractivity contribution in [1.82, 2.24) is 0 Å². The predicted molar refractivity (Wildman–Crippen MR) is 124 cm³/mol. The van der Waals surface area contributed by atoms with E-state index in [0.717, 1.165) is 24.0 Å². The average Bonchev–Trinajstić information content (AvgIpc) is 3.09. The molecule has 5 N–H and O–H groups in total. The molecule has 0 aromatic heterocycles. The van der Waals surface area contributed by atoms with Gasteiger partial charge in [-0.3, -0.25) is 4.79 Å². The Morgan fingerprint density at radius 1 is 1.30 bits per heavy atom. The van der Waals surface area contributed by atoms with Crippen LogP contribution in [-0.2, 0) is 14.3 Å². The summed E-state index contributed by atoms with van der Waals surface area (Å²) in [7, 11) is 0. The summed E-state index contributed by atoms with van der Waals surface area (Å²) in [4.78, 5) is 11.2. The quantitative estimate of drug-likeness (QED) is 0.487. The Labute approximate surface area is 190 Å². The minimum Gasteiger partial charge on any atom is -0.493 e. The number of fused-ring (bicyclic) bond motifs is 1. The number of aliphatic carboxylic acids is 1. The van der Waals surface area contributed by atoms with E-state index in [4.69, 9.17) is 20.9 Å². The lowest BCUT2D eigenvalue weighted by Gasteiger charge is -2.21. The first-order chi connectivity index (χ1) is 14.0. The molecular weight excluding hydrogens is 495 g/mol. The molecule has 4 atom stereocenters. The Bertz CT molecular complexity index is 966. The van der Waals surface area contributed by atoms with Crippen molar-refractivity contribution in [2.24, 2.45) is 17.4 Å². The van der Waals surface area contributed by atoms with Gasteiger partial charge in [0.25, 0.3) is 0 Å². The first-order valence-corrected chi connectivity index (χ1v) is 11.2. The van der Waals surface area contributed by atoms with Crippen LogP contribution in [0.2, 0.25) is 0 Å². The number of nitrogens with two attached hydrogens (primary N) is 2. The molecule has 0 saturated carbocycles. The summed E-state index contributed by atoms with van der Waals surface area (Å²) >= 11 is 2.35. The fraction of sp³-hybridized carbons (Fsp3) is 0.435. The molecule has 4 aliphatic rings. The smallest absolute Gasteiger partial charge is 0.304 e. The largest absolute Gasteiger partial charge is 0.493 e. The van der Waals surface area contributed by atoms with Crippen molar-refractivity contribution >= 4 is 28.6 Å². The number of halogens is 1. The van der Waals surface area contributed by atoms with Crippen LogP contribution in [0.4, 0.5) is 0 Å². The van der Waals surface area contributed by atoms with E-state index in [9.17, 15) is 9.90 Å². The topological polar surface area (TPSA) is 108 Å². The van der Waals surface area contributed by atoms with Gasteiger partial charge in [-0.2, -0.15) is 0 Å². The first-order valence-electron chi connectivity index (χ1n) is 10.1. The molecule has 7 heteroatoms. The molecule has 6 nitrogen and oxygen atoms in total. The summed E-state index contributed by atoms with van der Waals surface area (Å²) in [5.74, 6) is 0.236. The third kappa shape index (κ3) is 4.43. The molecule has 30 heavy (non-hydrogen) atoms. The first kappa shape index (κ1) is 21.4. The van der Waals surface area contributed by atoms with Gasteiger partial charge in [0.2, 0.25) is 0 Å². The summed E-state index contributed by atoms with van der Waals surface area (Å²) < 4.78 is 13.4. The third-order valence-corrected chi connectivity index (χ3v) is 6.72. The highest BCUT2D eigenvalue weighted by molar-refractivity contribution is 14.1. The standard InChI is InChI=1S/C23H27IN2O4/c1-22(25)6-5-16-15(18(24)11-22)3-4-19(16)30-14-8-20-17(10-23(2,26)9-14)13(12-29-20)7-21(27)28/h5-6,8-11,13,19H,3-4,7,12,25-26H2,1-2H3,(H,27,28). The van der Waals surface area contributed by atoms with E-state index in [1.165, 1.54) is 9.15 Å². The third-order valence-electron chi connectivity index (χ3n) is 5.76.